The van der Waals surface area contributed by atoms with Crippen molar-refractivity contribution in [1.82, 2.24) is 19.8 Å². The van der Waals surface area contributed by atoms with Crippen molar-refractivity contribution in [3.05, 3.63) is 53.6 Å². The lowest BCUT2D eigenvalue weighted by Gasteiger charge is -2.32. The fraction of sp³-hybridized carbons (Fsp3) is 0.412. The lowest BCUT2D eigenvalue weighted by atomic mass is 9.92. The fourth-order valence-corrected chi connectivity index (χ4v) is 7.61. The molecule has 2 aliphatic heterocycles. The third-order valence-corrected chi connectivity index (χ3v) is 10.3. The summed E-state index contributed by atoms with van der Waals surface area (Å²) in [5.74, 6) is -2.52. The molecule has 0 aliphatic carbocycles. The second kappa shape index (κ2) is 14.3. The molecule has 0 radical (unpaired) electrons. The van der Waals surface area contributed by atoms with Crippen molar-refractivity contribution < 1.29 is 36.2 Å². The summed E-state index contributed by atoms with van der Waals surface area (Å²) in [4.78, 5) is 26.1. The zero-order valence-electron chi connectivity index (χ0n) is 28.1. The van der Waals surface area contributed by atoms with E-state index in [0.29, 0.717) is 30.4 Å². The van der Waals surface area contributed by atoms with Gasteiger partial charge < -0.3 is 29.9 Å². The highest BCUT2D eigenvalue weighted by atomic mass is 32.1. The topological polar surface area (TPSA) is 121 Å². The number of carbonyl (C=O) groups is 1. The maximum atomic E-state index is 16.5. The van der Waals surface area contributed by atoms with Gasteiger partial charge in [0.15, 0.2) is 5.82 Å². The maximum absolute atomic E-state index is 16.5. The summed E-state index contributed by atoms with van der Waals surface area (Å²) in [6.07, 6.45) is -1.74. The average Bonchev–Trinajstić information content (AvgIpc) is 3.79. The molecule has 1 amide bonds. The molecule has 6 rings (SSSR count). The monoisotopic (exact) mass is 717 g/mol. The van der Waals surface area contributed by atoms with Crippen LogP contribution in [0.3, 0.4) is 0 Å². The van der Waals surface area contributed by atoms with Crippen LogP contribution in [0, 0.1) is 23.0 Å². The summed E-state index contributed by atoms with van der Waals surface area (Å²) in [5, 5.41) is 9.07. The summed E-state index contributed by atoms with van der Waals surface area (Å²) >= 11 is 0.682. The number of nitrogens with zero attached hydrogens (tertiary/aromatic N) is 6. The molecule has 50 heavy (non-hydrogen) atoms. The highest BCUT2D eigenvalue weighted by Crippen LogP contribution is 2.48. The van der Waals surface area contributed by atoms with Crippen molar-refractivity contribution in [2.24, 2.45) is 0 Å². The number of rotatable bonds is 6. The van der Waals surface area contributed by atoms with E-state index < -0.39 is 40.5 Å². The molecule has 3 atom stereocenters. The number of hydrogen-bond donors (Lipinski definition) is 1. The minimum Gasteiger partial charge on any atom is -0.467 e. The number of halogens is 5. The second-order valence-electron chi connectivity index (χ2n) is 12.1. The second-order valence-corrected chi connectivity index (χ2v) is 13.2. The van der Waals surface area contributed by atoms with E-state index in [-0.39, 0.29) is 55.4 Å². The van der Waals surface area contributed by atoms with Gasteiger partial charge in [-0.15, -0.1) is 11.3 Å². The minimum absolute atomic E-state index is 0.0423. The first-order chi connectivity index (χ1) is 23.7. The number of thiophene rings is 1. The lowest BCUT2D eigenvalue weighted by molar-refractivity contribution is -0.137. The molecule has 4 heterocycles. The number of benzene rings is 2. The van der Waals surface area contributed by atoms with Gasteiger partial charge in [0.25, 0.3) is 0 Å². The molecule has 4 aromatic rings. The van der Waals surface area contributed by atoms with E-state index in [4.69, 9.17) is 15.2 Å². The Morgan fingerprint density at radius 1 is 1.22 bits per heavy atom. The zero-order valence-corrected chi connectivity index (χ0v) is 28.9. The summed E-state index contributed by atoms with van der Waals surface area (Å²) in [6.45, 7) is 7.97. The Balaban J connectivity index is 0.000000535. The van der Waals surface area contributed by atoms with Gasteiger partial charge in [0.2, 0.25) is 5.91 Å². The van der Waals surface area contributed by atoms with Crippen molar-refractivity contribution in [1.29, 1.82) is 5.26 Å². The Bertz CT molecular complexity index is 2000. The van der Waals surface area contributed by atoms with E-state index in [1.807, 2.05) is 0 Å². The number of nitrogen functional groups attached to an aromatic ring is 1. The van der Waals surface area contributed by atoms with Crippen LogP contribution in [0.25, 0.3) is 32.1 Å². The molecular weight excluding hydrogens is 681 g/mol. The normalized spacial score (nSPS) is 19.4. The Labute approximate surface area is 289 Å². The third kappa shape index (κ3) is 6.64. The molecule has 0 bridgehead atoms. The minimum atomic E-state index is -5.08. The Morgan fingerprint density at radius 2 is 1.94 bits per heavy atom. The van der Waals surface area contributed by atoms with Crippen LogP contribution in [0.2, 0.25) is 0 Å². The van der Waals surface area contributed by atoms with Crippen molar-refractivity contribution in [3.63, 3.8) is 0 Å². The zero-order chi connectivity index (χ0) is 36.7. The van der Waals surface area contributed by atoms with Gasteiger partial charge in [-0.1, -0.05) is 12.6 Å². The maximum Gasteiger partial charge on any atom is 0.417 e. The number of alkyl halides is 3. The molecule has 2 aliphatic rings. The molecule has 266 valence electrons. The summed E-state index contributed by atoms with van der Waals surface area (Å²) < 4.78 is 85.3. The molecule has 1 unspecified atom stereocenters. The highest BCUT2D eigenvalue weighted by Gasteiger charge is 2.40. The van der Waals surface area contributed by atoms with Crippen LogP contribution < -0.4 is 15.4 Å². The SMILES string of the molecule is C=CC(=O)N1CC[C@@H](N(C)c2nc(OC)nc3c(F)c(-c4ccc(F)c5sc(N)c(C#N)c45)c(C(F)(F)F)cc23)[C@H]1C.COC1CCN(C)C1. The van der Waals surface area contributed by atoms with Crippen LogP contribution in [-0.2, 0) is 15.7 Å². The number of ether oxygens (including phenoxy) is 2. The first-order valence-electron chi connectivity index (χ1n) is 15.6. The van der Waals surface area contributed by atoms with E-state index >= 15 is 4.39 Å². The van der Waals surface area contributed by atoms with Crippen LogP contribution in [0.5, 0.6) is 6.01 Å². The van der Waals surface area contributed by atoms with Gasteiger partial charge in [0, 0.05) is 56.2 Å². The summed E-state index contributed by atoms with van der Waals surface area (Å²) in [7, 11) is 6.72. The van der Waals surface area contributed by atoms with E-state index in [1.165, 1.54) is 26.2 Å². The number of amides is 1. The van der Waals surface area contributed by atoms with E-state index in [1.54, 1.807) is 37.0 Å². The standard InChI is InChI=1S/C28H23F5N6O2S.C6H13NO/c1-5-19(40)39-9-8-18(12(39)2)38(3)26-14-10-16(28(31,32)33)21(22(30)23(14)36-27(37-26)41-4)13-6-7-17(29)24-20(13)15(11-34)25(35)42-24;1-7-4-3-6(5-7)8-2/h5-7,10,12,18H,1,8-9,35H2,2-4H3;6H,3-5H2,1-2H3/t12-,18-;/m1./s1. The molecule has 10 nitrogen and oxygen atoms in total. The van der Waals surface area contributed by atoms with Crippen LogP contribution in [-0.4, -0.2) is 91.8 Å². The first-order valence-corrected chi connectivity index (χ1v) is 16.4. The van der Waals surface area contributed by atoms with Gasteiger partial charge in [0.1, 0.15) is 28.2 Å². The molecule has 2 saturated heterocycles. The number of anilines is 2. The average molecular weight is 718 g/mol. The van der Waals surface area contributed by atoms with Gasteiger partial charge in [-0.05, 0) is 50.6 Å². The first kappa shape index (κ1) is 36.7. The van der Waals surface area contributed by atoms with E-state index in [2.05, 4.69) is 28.5 Å². The van der Waals surface area contributed by atoms with Crippen LogP contribution in [0.1, 0.15) is 30.9 Å². The highest BCUT2D eigenvalue weighted by molar-refractivity contribution is 7.23. The van der Waals surface area contributed by atoms with Crippen LogP contribution in [0.15, 0.2) is 30.9 Å². The molecule has 2 aromatic heterocycles. The van der Waals surface area contributed by atoms with Crippen molar-refractivity contribution in [2.45, 2.75) is 44.1 Å². The Morgan fingerprint density at radius 3 is 2.50 bits per heavy atom. The number of likely N-dealkylation sites (tertiary alicyclic amines) is 2. The Kier molecular flexibility index (Phi) is 10.5. The van der Waals surface area contributed by atoms with Gasteiger partial charge in [-0.25, -0.2) is 8.78 Å². The predicted molar refractivity (Wildman–Crippen MR) is 182 cm³/mol. The predicted octanol–water partition coefficient (Wildman–Crippen LogP) is 6.22. The summed E-state index contributed by atoms with van der Waals surface area (Å²) in [5.41, 5.74) is 2.48. The molecule has 0 spiro atoms. The number of nitriles is 1. The number of carbonyl (C=O) groups excluding carboxylic acids is 1. The van der Waals surface area contributed by atoms with Gasteiger partial charge in [0.05, 0.1) is 35.1 Å². The van der Waals surface area contributed by atoms with Gasteiger partial charge in [-0.3, -0.25) is 4.79 Å². The number of hydrogen-bond acceptors (Lipinski definition) is 10. The molecule has 2 fully saturated rings. The third-order valence-electron chi connectivity index (χ3n) is 9.26. The van der Waals surface area contributed by atoms with Gasteiger partial charge in [-0.2, -0.15) is 28.4 Å². The van der Waals surface area contributed by atoms with Crippen LogP contribution in [0.4, 0.5) is 32.8 Å². The van der Waals surface area contributed by atoms with Crippen LogP contribution >= 0.6 is 11.3 Å². The molecule has 2 aromatic carbocycles. The van der Waals surface area contributed by atoms with E-state index in [9.17, 15) is 27.6 Å². The smallest absolute Gasteiger partial charge is 0.417 e. The van der Waals surface area contributed by atoms with E-state index in [0.717, 1.165) is 24.7 Å². The number of nitrogens with two attached hydrogens (primary N) is 1. The number of methoxy groups -OCH3 is 2. The quantitative estimate of drug-likeness (QED) is 0.183. The number of fused-ring (bicyclic) bond motifs is 2. The fourth-order valence-electron chi connectivity index (χ4n) is 6.66. The Hall–Kier alpha value is -4.59. The lowest BCUT2D eigenvalue weighted by Crippen LogP contribution is -2.43. The van der Waals surface area contributed by atoms with Crippen molar-refractivity contribution in [3.8, 4) is 23.2 Å². The number of likely N-dealkylation sites (N-methyl/N-ethyl adjacent to an activating group) is 2. The van der Waals surface area contributed by atoms with Crippen molar-refractivity contribution in [2.75, 3.05) is 58.6 Å². The molecule has 0 saturated carbocycles. The van der Waals surface area contributed by atoms with Crippen molar-refractivity contribution >= 4 is 49.1 Å². The summed E-state index contributed by atoms with van der Waals surface area (Å²) in [6, 6.07) is 3.35. The van der Waals surface area contributed by atoms with Gasteiger partial charge >= 0.3 is 12.2 Å². The number of aromatic nitrogens is 2. The largest absolute Gasteiger partial charge is 0.467 e. The molecular formula is C34H36F5N7O3S. The molecule has 2 N–H and O–H groups in total. The molecule has 16 heteroatoms.